The van der Waals surface area contributed by atoms with Crippen LogP contribution in [0.2, 0.25) is 0 Å². The molecule has 0 saturated carbocycles. The highest BCUT2D eigenvalue weighted by Crippen LogP contribution is 2.17. The van der Waals surface area contributed by atoms with Crippen LogP contribution < -0.4 is 16.6 Å². The minimum absolute atomic E-state index is 0. The van der Waals surface area contributed by atoms with Crippen LogP contribution in [0, 0.1) is 6.92 Å². The molecule has 132 valence electrons. The zero-order valence-electron chi connectivity index (χ0n) is 14.9. The molecular formula is C16H29ClN4O2. The Morgan fingerprint density at radius 2 is 1.78 bits per heavy atom. The summed E-state index contributed by atoms with van der Waals surface area (Å²) in [7, 11) is 0. The quantitative estimate of drug-likeness (QED) is 0.760. The molecule has 0 spiro atoms. The molecule has 0 atom stereocenters. The lowest BCUT2D eigenvalue weighted by molar-refractivity contribution is 0.0939. The topological polar surface area (TPSA) is 101 Å². The second-order valence-electron chi connectivity index (χ2n) is 6.88. The van der Waals surface area contributed by atoms with E-state index in [1.165, 1.54) is 0 Å². The third-order valence-corrected chi connectivity index (χ3v) is 4.05. The largest absolute Gasteiger partial charge is 0.350 e. The van der Waals surface area contributed by atoms with Crippen molar-refractivity contribution in [3.8, 4) is 0 Å². The Kier molecular flexibility index (Phi) is 7.44. The number of aryl methyl sites for hydroxylation is 1. The maximum atomic E-state index is 12.3. The maximum absolute atomic E-state index is 12.3. The van der Waals surface area contributed by atoms with Crippen molar-refractivity contribution in [2.45, 2.75) is 65.3 Å². The predicted molar refractivity (Wildman–Crippen MR) is 95.4 cm³/mol. The fraction of sp³-hybridized carbons (Fsp3) is 0.688. The molecule has 0 fully saturated rings. The Hall–Kier alpha value is -1.40. The molecule has 0 aliphatic rings. The molecule has 0 aliphatic carbocycles. The van der Waals surface area contributed by atoms with Crippen LogP contribution in [0.3, 0.4) is 0 Å². The summed E-state index contributed by atoms with van der Waals surface area (Å²) in [5, 5.41) is 2.76. The van der Waals surface area contributed by atoms with E-state index < -0.39 is 17.0 Å². The van der Waals surface area contributed by atoms with Crippen LogP contribution in [0.1, 0.15) is 69.3 Å². The van der Waals surface area contributed by atoms with Gasteiger partial charge in [-0.25, -0.2) is 4.98 Å². The van der Waals surface area contributed by atoms with Crippen LogP contribution >= 0.6 is 12.4 Å². The van der Waals surface area contributed by atoms with Crippen molar-refractivity contribution in [3.63, 3.8) is 0 Å². The third kappa shape index (κ3) is 5.32. The molecule has 1 heterocycles. The van der Waals surface area contributed by atoms with Crippen LogP contribution in [-0.4, -0.2) is 28.0 Å². The number of amides is 1. The highest BCUT2D eigenvalue weighted by atomic mass is 35.5. The number of carbonyl (C=O) groups is 1. The molecule has 7 heteroatoms. The first-order chi connectivity index (χ1) is 10.0. The smallest absolute Gasteiger partial charge is 0.264 e. The van der Waals surface area contributed by atoms with Gasteiger partial charge in [-0.1, -0.05) is 34.6 Å². The minimum atomic E-state index is -0.449. The molecule has 1 aromatic rings. The van der Waals surface area contributed by atoms with Gasteiger partial charge < -0.3 is 16.0 Å². The summed E-state index contributed by atoms with van der Waals surface area (Å²) in [4.78, 5) is 31.6. The van der Waals surface area contributed by atoms with Crippen molar-refractivity contribution < 1.29 is 4.79 Å². The van der Waals surface area contributed by atoms with Crippen molar-refractivity contribution in [3.05, 3.63) is 27.4 Å². The number of nitrogens with one attached hydrogen (secondary N) is 2. The predicted octanol–water partition coefficient (Wildman–Crippen LogP) is 2.04. The molecule has 1 rings (SSSR count). The van der Waals surface area contributed by atoms with E-state index in [9.17, 15) is 9.59 Å². The summed E-state index contributed by atoms with van der Waals surface area (Å²) in [6.45, 7) is 11.8. The number of aromatic nitrogens is 2. The van der Waals surface area contributed by atoms with E-state index in [-0.39, 0.29) is 23.4 Å². The van der Waals surface area contributed by atoms with Gasteiger partial charge in [-0.2, -0.15) is 0 Å². The van der Waals surface area contributed by atoms with Gasteiger partial charge in [0.25, 0.3) is 11.5 Å². The number of nitrogens with zero attached hydrogens (tertiary/aromatic N) is 1. The van der Waals surface area contributed by atoms with Gasteiger partial charge in [-0.15, -0.1) is 12.4 Å². The Bertz CT molecular complexity index is 601. The molecule has 4 N–H and O–H groups in total. The number of nitrogens with two attached hydrogens (primary N) is 1. The van der Waals surface area contributed by atoms with Crippen LogP contribution in [0.15, 0.2) is 4.79 Å². The molecule has 0 bridgehead atoms. The third-order valence-electron chi connectivity index (χ3n) is 4.05. The fourth-order valence-corrected chi connectivity index (χ4v) is 2.05. The number of hydrogen-bond donors (Lipinski definition) is 3. The molecule has 0 saturated heterocycles. The summed E-state index contributed by atoms with van der Waals surface area (Å²) in [5.74, 6) is 0.144. The summed E-state index contributed by atoms with van der Waals surface area (Å²) in [6, 6.07) is 0. The highest BCUT2D eigenvalue weighted by Gasteiger charge is 2.25. The van der Waals surface area contributed by atoms with Crippen molar-refractivity contribution in [1.29, 1.82) is 0 Å². The van der Waals surface area contributed by atoms with E-state index in [1.807, 2.05) is 34.6 Å². The first-order valence-corrected chi connectivity index (χ1v) is 7.72. The normalized spacial score (nSPS) is 11.8. The average Bonchev–Trinajstić information content (AvgIpc) is 2.43. The SMILES string of the molecule is CCC(N)(CC)CNC(=O)c1c(C)nc(C(C)(C)C)[nH]c1=O.Cl. The molecule has 0 aliphatic heterocycles. The first-order valence-electron chi connectivity index (χ1n) is 7.72. The van der Waals surface area contributed by atoms with Crippen LogP contribution in [0.4, 0.5) is 0 Å². The number of carbonyl (C=O) groups excluding carboxylic acids is 1. The maximum Gasteiger partial charge on any atom is 0.264 e. The summed E-state index contributed by atoms with van der Waals surface area (Å²) >= 11 is 0. The lowest BCUT2D eigenvalue weighted by Crippen LogP contribution is -2.50. The molecular weight excluding hydrogens is 316 g/mol. The van der Waals surface area contributed by atoms with Crippen molar-refractivity contribution in [2.75, 3.05) is 6.54 Å². The van der Waals surface area contributed by atoms with Crippen molar-refractivity contribution >= 4 is 18.3 Å². The second-order valence-corrected chi connectivity index (χ2v) is 6.88. The van der Waals surface area contributed by atoms with Gasteiger partial charge in [0.1, 0.15) is 11.4 Å². The van der Waals surface area contributed by atoms with Gasteiger partial charge in [-0.05, 0) is 19.8 Å². The molecule has 0 aromatic carbocycles. The standard InChI is InChI=1S/C16H28N4O2.ClH/c1-7-16(17,8-2)9-18-12(21)11-10(3)19-14(15(4,5)6)20-13(11)22;/h7-9,17H2,1-6H3,(H,18,21)(H,19,20,22);1H. The van der Waals surface area contributed by atoms with Crippen molar-refractivity contribution in [1.82, 2.24) is 15.3 Å². The van der Waals surface area contributed by atoms with Crippen LogP contribution in [-0.2, 0) is 5.41 Å². The Balaban J connectivity index is 0.00000484. The Morgan fingerprint density at radius 3 is 2.17 bits per heavy atom. The van der Waals surface area contributed by atoms with E-state index in [0.717, 1.165) is 12.8 Å². The number of rotatable bonds is 5. The minimum Gasteiger partial charge on any atom is -0.350 e. The van der Waals surface area contributed by atoms with E-state index in [1.54, 1.807) is 6.92 Å². The molecule has 6 nitrogen and oxygen atoms in total. The van der Waals surface area contributed by atoms with Gasteiger partial charge in [-0.3, -0.25) is 9.59 Å². The average molecular weight is 345 g/mol. The van der Waals surface area contributed by atoms with Gasteiger partial charge >= 0.3 is 0 Å². The summed E-state index contributed by atoms with van der Waals surface area (Å²) in [5.41, 5.74) is 5.51. The monoisotopic (exact) mass is 344 g/mol. The van der Waals surface area contributed by atoms with E-state index in [2.05, 4.69) is 15.3 Å². The van der Waals surface area contributed by atoms with Gasteiger partial charge in [0.05, 0.1) is 5.69 Å². The lowest BCUT2D eigenvalue weighted by Gasteiger charge is -2.26. The zero-order valence-corrected chi connectivity index (χ0v) is 15.7. The molecule has 1 amide bonds. The second kappa shape index (κ2) is 7.93. The van der Waals surface area contributed by atoms with E-state index in [4.69, 9.17) is 5.73 Å². The van der Waals surface area contributed by atoms with Gasteiger partial charge in [0.2, 0.25) is 0 Å². The van der Waals surface area contributed by atoms with Crippen LogP contribution in [0.25, 0.3) is 0 Å². The molecule has 0 radical (unpaired) electrons. The molecule has 23 heavy (non-hydrogen) atoms. The summed E-state index contributed by atoms with van der Waals surface area (Å²) < 4.78 is 0. The fourth-order valence-electron chi connectivity index (χ4n) is 2.05. The molecule has 0 unspecified atom stereocenters. The first kappa shape index (κ1) is 21.6. The van der Waals surface area contributed by atoms with Crippen LogP contribution in [0.5, 0.6) is 0 Å². The zero-order chi connectivity index (χ0) is 17.1. The number of hydrogen-bond acceptors (Lipinski definition) is 4. The van der Waals surface area contributed by atoms with Gasteiger partial charge in [0, 0.05) is 17.5 Å². The van der Waals surface area contributed by atoms with E-state index in [0.29, 0.717) is 18.1 Å². The Labute approximate surface area is 144 Å². The molecule has 1 aromatic heterocycles. The van der Waals surface area contributed by atoms with Gasteiger partial charge in [0.15, 0.2) is 0 Å². The Morgan fingerprint density at radius 1 is 1.26 bits per heavy atom. The number of halogens is 1. The van der Waals surface area contributed by atoms with E-state index >= 15 is 0 Å². The highest BCUT2D eigenvalue weighted by molar-refractivity contribution is 5.94. The van der Waals surface area contributed by atoms with Crippen molar-refractivity contribution in [2.24, 2.45) is 5.73 Å². The lowest BCUT2D eigenvalue weighted by atomic mass is 9.94. The number of aromatic amines is 1. The summed E-state index contributed by atoms with van der Waals surface area (Å²) in [6.07, 6.45) is 1.50. The number of H-pyrrole nitrogens is 1.